The molecule has 1 fully saturated rings. The molecular weight excluding hydrogens is 464 g/mol. The molecule has 0 amide bonds. The summed E-state index contributed by atoms with van der Waals surface area (Å²) in [5.74, 6) is 1.73. The van der Waals surface area contributed by atoms with Gasteiger partial charge in [-0.3, -0.25) is 0 Å². The van der Waals surface area contributed by atoms with E-state index < -0.39 is 0 Å². The van der Waals surface area contributed by atoms with Gasteiger partial charge in [0.25, 0.3) is 0 Å². The summed E-state index contributed by atoms with van der Waals surface area (Å²) < 4.78 is 0. The summed E-state index contributed by atoms with van der Waals surface area (Å²) in [5, 5.41) is 0. The van der Waals surface area contributed by atoms with Crippen molar-refractivity contribution in [2.24, 2.45) is 5.92 Å². The largest absolute Gasteiger partial charge is 0.372 e. The minimum absolute atomic E-state index is 0.740. The number of para-hydroxylation sites is 1. The van der Waals surface area contributed by atoms with Crippen molar-refractivity contribution >= 4 is 17.5 Å². The number of anilines is 2. The zero-order valence-corrected chi connectivity index (χ0v) is 22.3. The van der Waals surface area contributed by atoms with E-state index in [-0.39, 0.29) is 0 Å². The molecule has 0 aliphatic carbocycles. The molecule has 7 rings (SSSR count). The first-order valence-corrected chi connectivity index (χ1v) is 14.0. The number of allylic oxidation sites excluding steroid dienone is 1. The molecule has 3 aromatic carbocycles. The van der Waals surface area contributed by atoms with Gasteiger partial charge in [0.1, 0.15) is 5.82 Å². The first-order valence-electron chi connectivity index (χ1n) is 14.0. The molecule has 0 N–H and O–H groups in total. The van der Waals surface area contributed by atoms with Crippen LogP contribution in [-0.2, 0) is 19.4 Å². The van der Waals surface area contributed by atoms with E-state index in [1.807, 2.05) is 0 Å². The predicted molar refractivity (Wildman–Crippen MR) is 156 cm³/mol. The van der Waals surface area contributed by atoms with Gasteiger partial charge in [-0.15, -0.1) is 0 Å². The van der Waals surface area contributed by atoms with Crippen LogP contribution < -0.4 is 9.80 Å². The summed E-state index contributed by atoms with van der Waals surface area (Å²) in [7, 11) is 0. The number of aromatic nitrogens is 2. The van der Waals surface area contributed by atoms with Gasteiger partial charge in [-0.1, -0.05) is 55.5 Å². The minimum Gasteiger partial charge on any atom is -0.372 e. The smallest absolute Gasteiger partial charge is 0.133 e. The Balaban J connectivity index is 1.20. The van der Waals surface area contributed by atoms with Crippen LogP contribution in [-0.4, -0.2) is 23.1 Å². The van der Waals surface area contributed by atoms with Crippen molar-refractivity contribution in [3.63, 3.8) is 0 Å². The van der Waals surface area contributed by atoms with E-state index in [0.29, 0.717) is 0 Å². The molecule has 4 aromatic rings. The van der Waals surface area contributed by atoms with E-state index in [0.717, 1.165) is 49.9 Å². The Morgan fingerprint density at radius 3 is 2.58 bits per heavy atom. The molecule has 4 heteroatoms. The molecule has 0 radical (unpaired) electrons. The molecule has 3 aliphatic rings. The highest BCUT2D eigenvalue weighted by molar-refractivity contribution is 5.84. The van der Waals surface area contributed by atoms with Gasteiger partial charge in [-0.05, 0) is 72.2 Å². The first kappa shape index (κ1) is 23.2. The standard InChI is InChI=1S/C34H34N4/c1-23-14-16-37(17-15-23)28-12-10-25(11-13-28)18-33-35-21-27-20-29-19-26-7-5-6-24(2)31(26)22-38(29)32-9-4-3-8-30(32)34(27)36-33/h3-13,19,21,23H,14-18,20,22H2,1-2H3. The highest BCUT2D eigenvalue weighted by Gasteiger charge is 2.28. The number of rotatable bonds is 3. The number of hydrogen-bond acceptors (Lipinski definition) is 4. The SMILES string of the molecule is Cc1cccc2c1CN1C(=C2)Cc2cnc(Cc3ccc(N4CCC(C)CC4)cc3)nc2-c2ccccc21. The maximum Gasteiger partial charge on any atom is 0.133 e. The Labute approximate surface area is 225 Å². The zero-order chi connectivity index (χ0) is 25.6. The van der Waals surface area contributed by atoms with E-state index in [2.05, 4.69) is 103 Å². The van der Waals surface area contributed by atoms with Crippen molar-refractivity contribution in [1.82, 2.24) is 9.97 Å². The van der Waals surface area contributed by atoms with E-state index in [9.17, 15) is 0 Å². The van der Waals surface area contributed by atoms with Gasteiger partial charge in [-0.25, -0.2) is 9.97 Å². The minimum atomic E-state index is 0.740. The van der Waals surface area contributed by atoms with E-state index >= 15 is 0 Å². The van der Waals surface area contributed by atoms with Crippen molar-refractivity contribution in [2.75, 3.05) is 22.9 Å². The number of fused-ring (bicyclic) bond motifs is 6. The predicted octanol–water partition coefficient (Wildman–Crippen LogP) is 7.20. The lowest BCUT2D eigenvalue weighted by atomic mass is 9.95. The molecular formula is C34H34N4. The van der Waals surface area contributed by atoms with Crippen molar-refractivity contribution in [3.8, 4) is 11.3 Å². The fourth-order valence-corrected chi connectivity index (χ4v) is 6.25. The topological polar surface area (TPSA) is 32.3 Å². The molecule has 3 aliphatic heterocycles. The van der Waals surface area contributed by atoms with Gasteiger partial charge >= 0.3 is 0 Å². The Bertz CT molecular complexity index is 1530. The molecule has 4 heterocycles. The van der Waals surface area contributed by atoms with Crippen molar-refractivity contribution in [1.29, 1.82) is 0 Å². The molecule has 0 unspecified atom stereocenters. The lowest BCUT2D eigenvalue weighted by Crippen LogP contribution is -2.32. The zero-order valence-electron chi connectivity index (χ0n) is 22.3. The third-order valence-corrected chi connectivity index (χ3v) is 8.61. The lowest BCUT2D eigenvalue weighted by Gasteiger charge is -2.32. The fraction of sp³-hybridized carbons (Fsp3) is 0.294. The van der Waals surface area contributed by atoms with Crippen LogP contribution >= 0.6 is 0 Å². The summed E-state index contributed by atoms with van der Waals surface area (Å²) in [6.07, 6.45) is 8.56. The average Bonchev–Trinajstić information content (AvgIpc) is 3.07. The quantitative estimate of drug-likeness (QED) is 0.299. The molecule has 0 saturated carbocycles. The van der Waals surface area contributed by atoms with Gasteiger partial charge in [0.05, 0.1) is 11.4 Å². The number of benzene rings is 3. The van der Waals surface area contributed by atoms with E-state index in [1.165, 1.54) is 63.3 Å². The second-order valence-electron chi connectivity index (χ2n) is 11.2. The Kier molecular flexibility index (Phi) is 5.76. The van der Waals surface area contributed by atoms with Crippen LogP contribution in [0, 0.1) is 12.8 Å². The highest BCUT2D eigenvalue weighted by atomic mass is 15.2. The summed E-state index contributed by atoms with van der Waals surface area (Å²) in [6, 6.07) is 24.4. The third kappa shape index (κ3) is 4.18. The fourth-order valence-electron chi connectivity index (χ4n) is 6.25. The molecule has 4 nitrogen and oxygen atoms in total. The maximum atomic E-state index is 5.18. The van der Waals surface area contributed by atoms with Gasteiger partial charge in [0.15, 0.2) is 0 Å². The van der Waals surface area contributed by atoms with Gasteiger partial charge < -0.3 is 9.80 Å². The molecule has 1 saturated heterocycles. The second-order valence-corrected chi connectivity index (χ2v) is 11.2. The molecule has 0 bridgehead atoms. The molecule has 190 valence electrons. The van der Waals surface area contributed by atoms with Gasteiger partial charge in [-0.2, -0.15) is 0 Å². The Morgan fingerprint density at radius 2 is 1.74 bits per heavy atom. The summed E-state index contributed by atoms with van der Waals surface area (Å²) >= 11 is 0. The summed E-state index contributed by atoms with van der Waals surface area (Å²) in [4.78, 5) is 15.0. The molecule has 38 heavy (non-hydrogen) atoms. The third-order valence-electron chi connectivity index (χ3n) is 8.61. The van der Waals surface area contributed by atoms with Gasteiger partial charge in [0.2, 0.25) is 0 Å². The van der Waals surface area contributed by atoms with Crippen molar-refractivity contribution < 1.29 is 0 Å². The van der Waals surface area contributed by atoms with Crippen LogP contribution in [0.4, 0.5) is 11.4 Å². The molecule has 0 atom stereocenters. The van der Waals surface area contributed by atoms with Crippen molar-refractivity contribution in [3.05, 3.63) is 112 Å². The number of piperidine rings is 1. The van der Waals surface area contributed by atoms with E-state index in [4.69, 9.17) is 9.97 Å². The van der Waals surface area contributed by atoms with Crippen molar-refractivity contribution in [2.45, 2.75) is 46.1 Å². The summed E-state index contributed by atoms with van der Waals surface area (Å²) in [6.45, 7) is 7.79. The lowest BCUT2D eigenvalue weighted by molar-refractivity contribution is 0.438. The van der Waals surface area contributed by atoms with Crippen LogP contribution in [0.3, 0.4) is 0 Å². The Morgan fingerprint density at radius 1 is 0.921 bits per heavy atom. The molecule has 0 spiro atoms. The molecule has 1 aromatic heterocycles. The van der Waals surface area contributed by atoms with Gasteiger partial charge in [0, 0.05) is 61.2 Å². The number of hydrogen-bond donors (Lipinski definition) is 0. The first-order chi connectivity index (χ1) is 18.6. The summed E-state index contributed by atoms with van der Waals surface area (Å²) in [5.41, 5.74) is 12.7. The van der Waals surface area contributed by atoms with Crippen LogP contribution in [0.5, 0.6) is 0 Å². The van der Waals surface area contributed by atoms with Crippen LogP contribution in [0.15, 0.2) is 78.6 Å². The second kappa shape index (κ2) is 9.43. The maximum absolute atomic E-state index is 5.18. The number of nitrogens with zero attached hydrogens (tertiary/aromatic N) is 4. The normalized spacial score (nSPS) is 16.6. The Hall–Kier alpha value is -3.92. The average molecular weight is 499 g/mol. The van der Waals surface area contributed by atoms with Crippen LogP contribution in [0.25, 0.3) is 17.3 Å². The highest BCUT2D eigenvalue weighted by Crippen LogP contribution is 2.42. The van der Waals surface area contributed by atoms with Crippen LogP contribution in [0.2, 0.25) is 0 Å². The monoisotopic (exact) mass is 498 g/mol. The number of aryl methyl sites for hydroxylation is 1. The van der Waals surface area contributed by atoms with E-state index in [1.54, 1.807) is 0 Å². The van der Waals surface area contributed by atoms with Crippen LogP contribution in [0.1, 0.15) is 53.4 Å².